The number of carbonyl (C=O) groups is 1. The Morgan fingerprint density at radius 1 is 1.07 bits per heavy atom. The van der Waals surface area contributed by atoms with E-state index in [0.29, 0.717) is 5.56 Å². The lowest BCUT2D eigenvalue weighted by Gasteiger charge is -2.41. The summed E-state index contributed by atoms with van der Waals surface area (Å²) in [6.07, 6.45) is 3.77. The van der Waals surface area contributed by atoms with Crippen molar-refractivity contribution in [3.8, 4) is 11.1 Å². The molecular formula is C32H42N4O3S. The first-order valence-electron chi connectivity index (χ1n) is 14.3. The predicted molar refractivity (Wildman–Crippen MR) is 162 cm³/mol. The number of benzene rings is 1. The third kappa shape index (κ3) is 5.88. The van der Waals surface area contributed by atoms with Gasteiger partial charge in [0, 0.05) is 60.3 Å². The van der Waals surface area contributed by atoms with E-state index in [9.17, 15) is 9.90 Å². The minimum Gasteiger partial charge on any atom is -0.479 e. The maximum Gasteiger partial charge on any atom is 0.337 e. The van der Waals surface area contributed by atoms with Crippen LogP contribution in [0.15, 0.2) is 29.8 Å². The van der Waals surface area contributed by atoms with Gasteiger partial charge in [-0.05, 0) is 76.0 Å². The van der Waals surface area contributed by atoms with Crippen LogP contribution in [-0.2, 0) is 22.5 Å². The summed E-state index contributed by atoms with van der Waals surface area (Å²) in [5, 5.41) is 13.5. The van der Waals surface area contributed by atoms with Crippen molar-refractivity contribution >= 4 is 28.1 Å². The zero-order chi connectivity index (χ0) is 28.8. The summed E-state index contributed by atoms with van der Waals surface area (Å²) in [5.74, 6) is -0.985. The van der Waals surface area contributed by atoms with Crippen LogP contribution >= 0.6 is 11.3 Å². The maximum atomic E-state index is 12.7. The Kier molecular flexibility index (Phi) is 7.70. The largest absolute Gasteiger partial charge is 0.479 e. The summed E-state index contributed by atoms with van der Waals surface area (Å²) in [5.41, 5.74) is 7.67. The van der Waals surface area contributed by atoms with E-state index in [0.717, 1.165) is 78.8 Å². The van der Waals surface area contributed by atoms with Gasteiger partial charge >= 0.3 is 5.97 Å². The lowest BCUT2D eigenvalue weighted by Crippen LogP contribution is -2.39. The molecule has 1 fully saturated rings. The number of piperidine rings is 1. The third-order valence-electron chi connectivity index (χ3n) is 8.17. The molecule has 2 aromatic heterocycles. The van der Waals surface area contributed by atoms with Crippen LogP contribution in [0.25, 0.3) is 11.1 Å². The second-order valence-corrected chi connectivity index (χ2v) is 13.9. The smallest absolute Gasteiger partial charge is 0.337 e. The van der Waals surface area contributed by atoms with Crippen molar-refractivity contribution in [1.82, 2.24) is 9.97 Å². The lowest BCUT2D eigenvalue weighted by molar-refractivity contribution is -0.160. The minimum absolute atomic E-state index is 0.261. The van der Waals surface area contributed by atoms with Crippen LogP contribution in [0.3, 0.4) is 0 Å². The highest BCUT2D eigenvalue weighted by Gasteiger charge is 2.36. The first kappa shape index (κ1) is 28.6. The Balaban J connectivity index is 1.64. The van der Waals surface area contributed by atoms with Gasteiger partial charge in [-0.1, -0.05) is 32.0 Å². The Labute approximate surface area is 242 Å². The number of aryl methyl sites for hydroxylation is 2. The standard InChI is InChI=1S/C32H42N4O3S/c1-20-25(23-8-9-24-19-36(14-10-22(24)18-23)30-33-13-17-40-30)27(35-15-11-32(6,7)12-16-35)26(21(2)34-20)28(29(37)38)39-31(3,4)5/h8-9,13,17-18,28H,10-12,14-16,19H2,1-7H3,(H,37,38)/t28-/m0/s1. The van der Waals surface area contributed by atoms with Gasteiger partial charge in [-0.3, -0.25) is 4.98 Å². The van der Waals surface area contributed by atoms with Crippen LogP contribution in [0, 0.1) is 19.3 Å². The van der Waals surface area contributed by atoms with Gasteiger partial charge in [-0.25, -0.2) is 9.78 Å². The van der Waals surface area contributed by atoms with Crippen molar-refractivity contribution < 1.29 is 14.6 Å². The summed E-state index contributed by atoms with van der Waals surface area (Å²) in [7, 11) is 0. The van der Waals surface area contributed by atoms with Crippen LogP contribution < -0.4 is 9.80 Å². The summed E-state index contributed by atoms with van der Waals surface area (Å²) in [6, 6.07) is 6.72. The lowest BCUT2D eigenvalue weighted by atomic mass is 9.81. The molecule has 1 N–H and O–H groups in total. The van der Waals surface area contributed by atoms with Crippen LogP contribution in [0.5, 0.6) is 0 Å². The van der Waals surface area contributed by atoms with E-state index in [2.05, 4.69) is 46.8 Å². The molecule has 214 valence electrons. The van der Waals surface area contributed by atoms with Crippen LogP contribution in [0.4, 0.5) is 10.8 Å². The highest BCUT2D eigenvalue weighted by molar-refractivity contribution is 7.13. The van der Waals surface area contributed by atoms with E-state index in [1.165, 1.54) is 11.1 Å². The molecule has 7 nitrogen and oxygen atoms in total. The van der Waals surface area contributed by atoms with Crippen molar-refractivity contribution in [2.24, 2.45) is 5.41 Å². The van der Waals surface area contributed by atoms with Crippen molar-refractivity contribution in [3.05, 3.63) is 57.9 Å². The van der Waals surface area contributed by atoms with Crippen LogP contribution in [0.1, 0.15) is 81.6 Å². The molecule has 0 aliphatic carbocycles. The molecule has 8 heteroatoms. The van der Waals surface area contributed by atoms with E-state index in [1.807, 2.05) is 46.2 Å². The van der Waals surface area contributed by atoms with Gasteiger partial charge in [0.1, 0.15) is 0 Å². The number of rotatable bonds is 6. The van der Waals surface area contributed by atoms with E-state index in [-0.39, 0.29) is 5.41 Å². The molecule has 0 spiro atoms. The molecule has 0 unspecified atom stereocenters. The fourth-order valence-electron chi connectivity index (χ4n) is 6.00. The van der Waals surface area contributed by atoms with Gasteiger partial charge < -0.3 is 19.6 Å². The van der Waals surface area contributed by atoms with Gasteiger partial charge in [0.15, 0.2) is 11.2 Å². The van der Waals surface area contributed by atoms with Gasteiger partial charge in [0.05, 0.1) is 11.3 Å². The molecule has 3 aromatic rings. The number of ether oxygens (including phenoxy) is 1. The molecule has 0 bridgehead atoms. The number of nitrogens with zero attached hydrogens (tertiary/aromatic N) is 4. The topological polar surface area (TPSA) is 78.8 Å². The zero-order valence-corrected chi connectivity index (χ0v) is 25.7. The number of pyridine rings is 1. The van der Waals surface area contributed by atoms with Crippen LogP contribution in [0.2, 0.25) is 0 Å². The SMILES string of the molecule is Cc1nc(C)c([C@H](OC(C)(C)C)C(=O)O)c(N2CCC(C)(C)CC2)c1-c1ccc2c(c1)CCN(c1nccs1)C2. The Morgan fingerprint density at radius 2 is 1.80 bits per heavy atom. The Morgan fingerprint density at radius 3 is 2.42 bits per heavy atom. The first-order valence-corrected chi connectivity index (χ1v) is 15.1. The summed E-state index contributed by atoms with van der Waals surface area (Å²) < 4.78 is 6.23. The van der Waals surface area contributed by atoms with E-state index in [4.69, 9.17) is 9.72 Å². The number of anilines is 2. The van der Waals surface area contributed by atoms with Crippen molar-refractivity contribution in [3.63, 3.8) is 0 Å². The quantitative estimate of drug-likeness (QED) is 0.348. The highest BCUT2D eigenvalue weighted by atomic mass is 32.1. The maximum absolute atomic E-state index is 12.7. The van der Waals surface area contributed by atoms with Gasteiger partial charge in [-0.2, -0.15) is 0 Å². The fourth-order valence-corrected chi connectivity index (χ4v) is 6.67. The van der Waals surface area contributed by atoms with Gasteiger partial charge in [-0.15, -0.1) is 11.3 Å². The van der Waals surface area contributed by atoms with E-state index in [1.54, 1.807) is 11.3 Å². The number of carboxylic acids is 1. The molecule has 5 rings (SSSR count). The average molecular weight is 563 g/mol. The number of aromatic nitrogens is 2. The molecule has 2 aliphatic rings. The highest BCUT2D eigenvalue weighted by Crippen LogP contribution is 2.45. The summed E-state index contributed by atoms with van der Waals surface area (Å²) in [6.45, 7) is 17.8. The molecule has 0 amide bonds. The zero-order valence-electron chi connectivity index (χ0n) is 24.9. The molecule has 1 saturated heterocycles. The second kappa shape index (κ2) is 10.8. The number of hydrogen-bond donors (Lipinski definition) is 1. The molecule has 1 atom stereocenters. The number of fused-ring (bicyclic) bond motifs is 1. The van der Waals surface area contributed by atoms with Gasteiger partial charge in [0.2, 0.25) is 0 Å². The molecule has 0 radical (unpaired) electrons. The molecular weight excluding hydrogens is 520 g/mol. The first-order chi connectivity index (χ1) is 18.8. The van der Waals surface area contributed by atoms with Crippen molar-refractivity contribution in [1.29, 1.82) is 0 Å². The Bertz CT molecular complexity index is 1380. The van der Waals surface area contributed by atoms with Gasteiger partial charge in [0.25, 0.3) is 0 Å². The van der Waals surface area contributed by atoms with Crippen LogP contribution in [-0.4, -0.2) is 46.3 Å². The van der Waals surface area contributed by atoms with Crippen molar-refractivity contribution in [2.45, 2.75) is 86.0 Å². The monoisotopic (exact) mass is 562 g/mol. The van der Waals surface area contributed by atoms with E-state index < -0.39 is 17.7 Å². The van der Waals surface area contributed by atoms with E-state index >= 15 is 0 Å². The molecule has 1 aromatic carbocycles. The molecule has 2 aliphatic heterocycles. The fraction of sp³-hybridized carbons (Fsp3) is 0.531. The third-order valence-corrected chi connectivity index (χ3v) is 9.00. The number of carboxylic acid groups (broad SMARTS) is 1. The summed E-state index contributed by atoms with van der Waals surface area (Å²) >= 11 is 1.68. The number of thiazole rings is 1. The number of aliphatic carboxylic acids is 1. The molecule has 40 heavy (non-hydrogen) atoms. The second-order valence-electron chi connectivity index (χ2n) is 13.0. The minimum atomic E-state index is -1.11. The normalized spacial score (nSPS) is 18.0. The summed E-state index contributed by atoms with van der Waals surface area (Å²) in [4.78, 5) is 26.9. The Hall–Kier alpha value is -2.97. The average Bonchev–Trinajstić information content (AvgIpc) is 3.41. The number of hydrogen-bond acceptors (Lipinski definition) is 7. The molecule has 0 saturated carbocycles. The van der Waals surface area contributed by atoms with Crippen molar-refractivity contribution in [2.75, 3.05) is 29.4 Å². The molecule has 4 heterocycles. The predicted octanol–water partition coefficient (Wildman–Crippen LogP) is 6.95.